The van der Waals surface area contributed by atoms with E-state index in [9.17, 15) is 0 Å². The Morgan fingerprint density at radius 2 is 2.00 bits per heavy atom. The van der Waals surface area contributed by atoms with Gasteiger partial charge in [-0.05, 0) is 52.7 Å². The minimum absolute atomic E-state index is 0.114. The molecule has 0 amide bonds. The van der Waals surface area contributed by atoms with E-state index in [1.54, 1.807) is 0 Å². The Morgan fingerprint density at radius 3 is 2.57 bits per heavy atom. The number of nitrogens with zero attached hydrogens (tertiary/aromatic N) is 2. The van der Waals surface area contributed by atoms with Gasteiger partial charge in [0.25, 0.3) is 0 Å². The van der Waals surface area contributed by atoms with E-state index in [0.717, 1.165) is 24.4 Å². The summed E-state index contributed by atoms with van der Waals surface area (Å²) in [4.78, 5) is 0. The first kappa shape index (κ1) is 15.8. The summed E-state index contributed by atoms with van der Waals surface area (Å²) < 4.78 is 7.71. The lowest BCUT2D eigenvalue weighted by molar-refractivity contribution is 0.422. The van der Waals surface area contributed by atoms with Gasteiger partial charge in [-0.1, -0.05) is 6.92 Å². The van der Waals surface area contributed by atoms with E-state index in [2.05, 4.69) is 58.0 Å². The van der Waals surface area contributed by atoms with Crippen molar-refractivity contribution in [1.82, 2.24) is 15.1 Å². The van der Waals surface area contributed by atoms with Gasteiger partial charge in [-0.25, -0.2) is 0 Å². The second-order valence-electron chi connectivity index (χ2n) is 6.69. The van der Waals surface area contributed by atoms with Crippen LogP contribution in [0.5, 0.6) is 0 Å². The highest BCUT2D eigenvalue weighted by Crippen LogP contribution is 2.16. The quantitative estimate of drug-likeness (QED) is 0.914. The third-order valence-electron chi connectivity index (χ3n) is 3.72. The van der Waals surface area contributed by atoms with Crippen molar-refractivity contribution < 1.29 is 4.42 Å². The van der Waals surface area contributed by atoms with Gasteiger partial charge in [0.2, 0.25) is 0 Å². The van der Waals surface area contributed by atoms with E-state index in [-0.39, 0.29) is 5.54 Å². The van der Waals surface area contributed by atoms with Crippen molar-refractivity contribution in [2.75, 3.05) is 0 Å². The first-order valence-corrected chi connectivity index (χ1v) is 7.64. The lowest BCUT2D eigenvalue weighted by atomic mass is 10.1. The van der Waals surface area contributed by atoms with Crippen molar-refractivity contribution in [3.05, 3.63) is 40.6 Å². The molecule has 0 fully saturated rings. The standard InChI is InChI=1S/C17H27N3O/c1-7-16-12(2)19-20(13(16)3)10-15-8-14(11-21-15)9-18-17(4,5)6/h8,11,18H,7,9-10H2,1-6H3. The van der Waals surface area contributed by atoms with Crippen LogP contribution in [0, 0.1) is 13.8 Å². The van der Waals surface area contributed by atoms with Crippen molar-refractivity contribution in [3.8, 4) is 0 Å². The summed E-state index contributed by atoms with van der Waals surface area (Å²) in [6.45, 7) is 14.4. The van der Waals surface area contributed by atoms with Crippen LogP contribution in [-0.2, 0) is 19.5 Å². The van der Waals surface area contributed by atoms with E-state index in [1.807, 2.05) is 10.9 Å². The maximum Gasteiger partial charge on any atom is 0.125 e. The predicted octanol–water partition coefficient (Wildman–Crippen LogP) is 3.59. The van der Waals surface area contributed by atoms with E-state index in [1.165, 1.54) is 16.8 Å². The van der Waals surface area contributed by atoms with E-state index < -0.39 is 0 Å². The zero-order chi connectivity index (χ0) is 15.6. The second-order valence-corrected chi connectivity index (χ2v) is 6.69. The van der Waals surface area contributed by atoms with Gasteiger partial charge in [0.15, 0.2) is 0 Å². The van der Waals surface area contributed by atoms with Crippen LogP contribution in [0.15, 0.2) is 16.7 Å². The van der Waals surface area contributed by atoms with Crippen LogP contribution in [-0.4, -0.2) is 15.3 Å². The first-order valence-electron chi connectivity index (χ1n) is 7.64. The van der Waals surface area contributed by atoms with Gasteiger partial charge in [0.05, 0.1) is 18.5 Å². The molecule has 0 saturated heterocycles. The minimum atomic E-state index is 0.114. The van der Waals surface area contributed by atoms with Gasteiger partial charge in [-0.2, -0.15) is 5.10 Å². The molecule has 1 N–H and O–H groups in total. The van der Waals surface area contributed by atoms with Crippen molar-refractivity contribution in [1.29, 1.82) is 0 Å². The molecule has 0 radical (unpaired) electrons. The Labute approximate surface area is 127 Å². The van der Waals surface area contributed by atoms with E-state index in [0.29, 0.717) is 6.54 Å². The average Bonchev–Trinajstić information content (AvgIpc) is 2.93. The maximum absolute atomic E-state index is 5.67. The number of hydrogen-bond acceptors (Lipinski definition) is 3. The number of aryl methyl sites for hydroxylation is 1. The summed E-state index contributed by atoms with van der Waals surface area (Å²) in [7, 11) is 0. The summed E-state index contributed by atoms with van der Waals surface area (Å²) >= 11 is 0. The monoisotopic (exact) mass is 289 g/mol. The molecule has 4 nitrogen and oxygen atoms in total. The van der Waals surface area contributed by atoms with Gasteiger partial charge in [-0.3, -0.25) is 4.68 Å². The average molecular weight is 289 g/mol. The molecular formula is C17H27N3O. The number of furan rings is 1. The lowest BCUT2D eigenvalue weighted by Crippen LogP contribution is -2.34. The first-order chi connectivity index (χ1) is 9.80. The molecular weight excluding hydrogens is 262 g/mol. The molecule has 2 heterocycles. The van der Waals surface area contributed by atoms with Gasteiger partial charge in [0, 0.05) is 23.3 Å². The van der Waals surface area contributed by atoms with Crippen LogP contribution in [0.2, 0.25) is 0 Å². The van der Waals surface area contributed by atoms with Crippen LogP contribution in [0.1, 0.15) is 56.0 Å². The molecule has 0 aliphatic rings. The number of hydrogen-bond donors (Lipinski definition) is 1. The smallest absolute Gasteiger partial charge is 0.125 e. The van der Waals surface area contributed by atoms with Gasteiger partial charge in [-0.15, -0.1) is 0 Å². The van der Waals surface area contributed by atoms with E-state index in [4.69, 9.17) is 4.42 Å². The topological polar surface area (TPSA) is 43.0 Å². The Hall–Kier alpha value is -1.55. The molecule has 0 aliphatic heterocycles. The fourth-order valence-corrected chi connectivity index (χ4v) is 2.52. The molecule has 2 aromatic rings. The van der Waals surface area contributed by atoms with Crippen LogP contribution in [0.4, 0.5) is 0 Å². The van der Waals surface area contributed by atoms with Crippen LogP contribution in [0.3, 0.4) is 0 Å². The Kier molecular flexibility index (Phi) is 4.57. The molecule has 0 aliphatic carbocycles. The number of nitrogens with one attached hydrogen (secondary N) is 1. The summed E-state index contributed by atoms with van der Waals surface area (Å²) in [6, 6.07) is 2.11. The fourth-order valence-electron chi connectivity index (χ4n) is 2.52. The molecule has 0 atom stereocenters. The van der Waals surface area contributed by atoms with Gasteiger partial charge >= 0.3 is 0 Å². The Morgan fingerprint density at radius 1 is 1.29 bits per heavy atom. The molecule has 0 aromatic carbocycles. The Balaban J connectivity index is 2.06. The molecule has 2 aromatic heterocycles. The third kappa shape index (κ3) is 3.97. The van der Waals surface area contributed by atoms with Crippen LogP contribution >= 0.6 is 0 Å². The SMILES string of the molecule is CCc1c(C)nn(Cc2cc(CNC(C)(C)C)co2)c1C. The highest BCUT2D eigenvalue weighted by Gasteiger charge is 2.13. The summed E-state index contributed by atoms with van der Waals surface area (Å²) in [5, 5.41) is 8.08. The largest absolute Gasteiger partial charge is 0.467 e. The molecule has 21 heavy (non-hydrogen) atoms. The van der Waals surface area contributed by atoms with Crippen molar-refractivity contribution in [2.24, 2.45) is 0 Å². The molecule has 0 unspecified atom stereocenters. The van der Waals surface area contributed by atoms with Crippen molar-refractivity contribution >= 4 is 0 Å². The fraction of sp³-hybridized carbons (Fsp3) is 0.588. The van der Waals surface area contributed by atoms with E-state index >= 15 is 0 Å². The minimum Gasteiger partial charge on any atom is -0.467 e. The molecule has 116 valence electrons. The molecule has 2 rings (SSSR count). The number of aromatic nitrogens is 2. The summed E-state index contributed by atoms with van der Waals surface area (Å²) in [5.41, 5.74) is 4.99. The summed E-state index contributed by atoms with van der Waals surface area (Å²) in [5.74, 6) is 0.953. The van der Waals surface area contributed by atoms with Crippen LogP contribution < -0.4 is 5.32 Å². The predicted molar refractivity (Wildman–Crippen MR) is 85.5 cm³/mol. The zero-order valence-corrected chi connectivity index (χ0v) is 14.1. The highest BCUT2D eigenvalue weighted by molar-refractivity contribution is 5.25. The molecule has 0 bridgehead atoms. The second kappa shape index (κ2) is 6.06. The molecule has 0 saturated carbocycles. The van der Waals surface area contributed by atoms with Crippen molar-refractivity contribution in [2.45, 2.75) is 66.6 Å². The zero-order valence-electron chi connectivity index (χ0n) is 14.1. The van der Waals surface area contributed by atoms with Gasteiger partial charge < -0.3 is 9.73 Å². The van der Waals surface area contributed by atoms with Gasteiger partial charge in [0.1, 0.15) is 5.76 Å². The van der Waals surface area contributed by atoms with Crippen LogP contribution in [0.25, 0.3) is 0 Å². The third-order valence-corrected chi connectivity index (χ3v) is 3.72. The molecule has 4 heteroatoms. The van der Waals surface area contributed by atoms with Crippen molar-refractivity contribution in [3.63, 3.8) is 0 Å². The maximum atomic E-state index is 5.67. The Bertz CT molecular complexity index is 602. The summed E-state index contributed by atoms with van der Waals surface area (Å²) in [6.07, 6.45) is 2.86. The normalized spacial score (nSPS) is 12.1. The highest BCUT2D eigenvalue weighted by atomic mass is 16.3. The lowest BCUT2D eigenvalue weighted by Gasteiger charge is -2.19. The number of rotatable bonds is 5. The molecule has 0 spiro atoms.